The highest BCUT2D eigenvalue weighted by Gasteiger charge is 2.51. The Bertz CT molecular complexity index is 1070. The largest absolute Gasteiger partial charge is 0.861 e. The number of ether oxygens (including phenoxy) is 1. The van der Waals surface area contributed by atoms with Crippen LogP contribution in [-0.4, -0.2) is 71.6 Å². The molecule has 1 aliphatic carbocycles. The standard InChI is InChI=1S/C27H36N4O4S/c1-6-12-35-20-14-17-9-7-8-10-18(17)22(20)30-25(33)23-27(3,4)15-21-31(23)26(34)19(11-13-36-21)29-24(32)16(2)28-5/h1,7-10,16,19-23,28H,11-15H2,2-5H3,(H,29,32)(H,30,33)/p-1/t16-,19-,20+,21?,22?,23+/m0/s1. The minimum atomic E-state index is -0.720. The summed E-state index contributed by atoms with van der Waals surface area (Å²) in [4.78, 5) is 32.7. The molecule has 2 unspecified atom stereocenters. The van der Waals surface area contributed by atoms with Crippen molar-refractivity contribution in [1.82, 2.24) is 15.5 Å². The van der Waals surface area contributed by atoms with Crippen molar-refractivity contribution in [2.45, 2.75) is 75.7 Å². The number of hydrogen-bond donors (Lipinski definition) is 2. The summed E-state index contributed by atoms with van der Waals surface area (Å²) >= 11 is 1.67. The summed E-state index contributed by atoms with van der Waals surface area (Å²) in [5.74, 6) is 2.44. The van der Waals surface area contributed by atoms with Gasteiger partial charge < -0.3 is 25.4 Å². The molecular formula is C27H35N4O4S-. The third kappa shape index (κ3) is 5.13. The number of aliphatic imine (C=N–C) groups is 1. The van der Waals surface area contributed by atoms with Crippen LogP contribution in [0.25, 0.3) is 0 Å². The number of fused-ring (bicyclic) bond motifs is 2. The topological polar surface area (TPSA) is 106 Å². The fourth-order valence-electron chi connectivity index (χ4n) is 5.45. The summed E-state index contributed by atoms with van der Waals surface area (Å²) < 4.78 is 5.88. The molecule has 0 bridgehead atoms. The van der Waals surface area contributed by atoms with Crippen LogP contribution in [0.5, 0.6) is 0 Å². The molecule has 2 amide bonds. The van der Waals surface area contributed by atoms with Crippen LogP contribution in [0.2, 0.25) is 0 Å². The van der Waals surface area contributed by atoms with Gasteiger partial charge in [0.1, 0.15) is 18.7 Å². The maximum absolute atomic E-state index is 13.9. The molecule has 3 aliphatic rings. The Kier molecular flexibility index (Phi) is 7.98. The van der Waals surface area contributed by atoms with E-state index in [-0.39, 0.29) is 35.8 Å². The van der Waals surface area contributed by atoms with Gasteiger partial charge in [-0.15, -0.1) is 18.2 Å². The van der Waals surface area contributed by atoms with Gasteiger partial charge in [-0.05, 0) is 55.0 Å². The van der Waals surface area contributed by atoms with Crippen LogP contribution >= 0.6 is 11.8 Å². The predicted molar refractivity (Wildman–Crippen MR) is 139 cm³/mol. The summed E-state index contributed by atoms with van der Waals surface area (Å²) in [5, 5.41) is 19.5. The lowest BCUT2D eigenvalue weighted by atomic mass is 9.84. The molecule has 0 spiro atoms. The monoisotopic (exact) mass is 511 g/mol. The van der Waals surface area contributed by atoms with Gasteiger partial charge in [-0.3, -0.25) is 14.6 Å². The van der Waals surface area contributed by atoms with Crippen molar-refractivity contribution in [2.24, 2.45) is 10.4 Å². The fourth-order valence-corrected chi connectivity index (χ4v) is 7.03. The molecule has 9 heteroatoms. The van der Waals surface area contributed by atoms with Gasteiger partial charge >= 0.3 is 0 Å². The number of hydrogen-bond acceptors (Lipinski definition) is 7. The van der Waals surface area contributed by atoms with E-state index in [1.165, 1.54) is 0 Å². The maximum Gasteiger partial charge on any atom is 0.246 e. The van der Waals surface area contributed by atoms with Gasteiger partial charge in [0.05, 0.1) is 23.6 Å². The minimum absolute atomic E-state index is 0.135. The average molecular weight is 512 g/mol. The average Bonchev–Trinajstić information content (AvgIpc) is 3.28. The Morgan fingerprint density at radius 2 is 2.17 bits per heavy atom. The molecule has 0 radical (unpaired) electrons. The first-order valence-corrected chi connectivity index (χ1v) is 13.5. The van der Waals surface area contributed by atoms with E-state index in [2.05, 4.69) is 21.5 Å². The number of carbonyl (C=O) groups is 2. The van der Waals surface area contributed by atoms with E-state index in [0.717, 1.165) is 16.9 Å². The summed E-state index contributed by atoms with van der Waals surface area (Å²) in [7, 11) is 1.70. The first kappa shape index (κ1) is 26.5. The van der Waals surface area contributed by atoms with Crippen molar-refractivity contribution >= 4 is 29.5 Å². The molecule has 2 saturated heterocycles. The van der Waals surface area contributed by atoms with E-state index in [1.807, 2.05) is 38.1 Å². The molecule has 2 N–H and O–H groups in total. The summed E-state index contributed by atoms with van der Waals surface area (Å²) in [6.07, 6.45) is 6.93. The van der Waals surface area contributed by atoms with Crippen molar-refractivity contribution in [3.8, 4) is 12.3 Å². The van der Waals surface area contributed by atoms with Gasteiger partial charge in [-0.2, -0.15) is 0 Å². The van der Waals surface area contributed by atoms with E-state index in [4.69, 9.17) is 11.2 Å². The Hall–Kier alpha value is -2.54. The van der Waals surface area contributed by atoms with Crippen molar-refractivity contribution < 1.29 is 19.4 Å². The highest BCUT2D eigenvalue weighted by atomic mass is 32.2. The number of nitrogens with one attached hydrogen (secondary N) is 2. The number of benzene rings is 1. The molecule has 2 aliphatic heterocycles. The number of likely N-dealkylation sites (N-methyl/N-ethyl adjacent to an activating group) is 1. The highest BCUT2D eigenvalue weighted by Crippen LogP contribution is 2.47. The molecule has 36 heavy (non-hydrogen) atoms. The van der Waals surface area contributed by atoms with Crippen LogP contribution in [0, 0.1) is 17.8 Å². The van der Waals surface area contributed by atoms with E-state index in [9.17, 15) is 14.7 Å². The number of terminal acetylenes is 1. The molecule has 2 fully saturated rings. The molecule has 1 aromatic carbocycles. The van der Waals surface area contributed by atoms with Gasteiger partial charge in [0.2, 0.25) is 11.8 Å². The summed E-state index contributed by atoms with van der Waals surface area (Å²) in [6, 6.07) is 5.59. The van der Waals surface area contributed by atoms with Crippen LogP contribution in [0.3, 0.4) is 0 Å². The Morgan fingerprint density at radius 3 is 2.89 bits per heavy atom. The van der Waals surface area contributed by atoms with Crippen molar-refractivity contribution in [2.75, 3.05) is 19.4 Å². The minimum Gasteiger partial charge on any atom is -0.861 e. The van der Waals surface area contributed by atoms with Crippen molar-refractivity contribution in [3.63, 3.8) is 0 Å². The zero-order valence-electron chi connectivity index (χ0n) is 21.3. The van der Waals surface area contributed by atoms with E-state index in [0.29, 0.717) is 19.3 Å². The zero-order chi connectivity index (χ0) is 26.0. The second-order valence-electron chi connectivity index (χ2n) is 10.4. The predicted octanol–water partition coefficient (Wildman–Crippen LogP) is 1.24. The first-order chi connectivity index (χ1) is 17.2. The van der Waals surface area contributed by atoms with Crippen LogP contribution < -0.4 is 15.7 Å². The number of thioether (sulfide) groups is 1. The van der Waals surface area contributed by atoms with Crippen molar-refractivity contribution in [1.29, 1.82) is 0 Å². The molecule has 2 heterocycles. The molecular weight excluding hydrogens is 476 g/mol. The van der Waals surface area contributed by atoms with Gasteiger partial charge in [0.15, 0.2) is 0 Å². The number of nitrogens with zero attached hydrogens (tertiary/aromatic N) is 2. The zero-order valence-corrected chi connectivity index (χ0v) is 22.1. The van der Waals surface area contributed by atoms with Crippen molar-refractivity contribution in [3.05, 3.63) is 35.4 Å². The third-order valence-corrected chi connectivity index (χ3v) is 8.72. The lowest BCUT2D eigenvalue weighted by Crippen LogP contribution is -2.58. The fraction of sp³-hybridized carbons (Fsp3) is 0.593. The van der Waals surface area contributed by atoms with Crippen LogP contribution in [-0.2, 0) is 20.7 Å². The third-order valence-electron chi connectivity index (χ3n) is 7.47. The van der Waals surface area contributed by atoms with Crippen LogP contribution in [0.4, 0.5) is 0 Å². The molecule has 0 aromatic heterocycles. The highest BCUT2D eigenvalue weighted by molar-refractivity contribution is 7.99. The first-order valence-electron chi connectivity index (χ1n) is 12.5. The quantitative estimate of drug-likeness (QED) is 0.324. The molecule has 194 valence electrons. The Balaban J connectivity index is 1.65. The lowest BCUT2D eigenvalue weighted by Gasteiger charge is -2.39. The van der Waals surface area contributed by atoms with E-state index >= 15 is 0 Å². The van der Waals surface area contributed by atoms with Gasteiger partial charge in [0, 0.05) is 6.42 Å². The van der Waals surface area contributed by atoms with E-state index < -0.39 is 29.6 Å². The summed E-state index contributed by atoms with van der Waals surface area (Å²) in [6.45, 7) is 5.91. The number of amides is 2. The second-order valence-corrected chi connectivity index (χ2v) is 11.7. The van der Waals surface area contributed by atoms with Gasteiger partial charge in [-0.25, -0.2) is 0 Å². The second kappa shape index (κ2) is 10.8. The molecule has 1 aromatic rings. The SMILES string of the molecule is C#CCO[C@@H]1Cc2ccccc2C1N=C([O-])[C@H]1N2C(=O)[C@@H](NC(=O)[C@H](C)NC)CCSC2CC1(C)C. The van der Waals surface area contributed by atoms with Crippen LogP contribution in [0.1, 0.15) is 50.8 Å². The smallest absolute Gasteiger partial charge is 0.246 e. The maximum atomic E-state index is 13.9. The molecule has 6 atom stereocenters. The summed E-state index contributed by atoms with van der Waals surface area (Å²) in [5.41, 5.74) is 1.58. The molecule has 4 rings (SSSR count). The normalized spacial score (nSPS) is 30.2. The Labute approximate surface area is 217 Å². The van der Waals surface area contributed by atoms with Gasteiger partial charge in [0.25, 0.3) is 0 Å². The van der Waals surface area contributed by atoms with E-state index in [1.54, 1.807) is 30.6 Å². The number of carbonyl (C=O) groups excluding carboxylic acids is 2. The van der Waals surface area contributed by atoms with Crippen LogP contribution in [0.15, 0.2) is 29.3 Å². The molecule has 8 nitrogen and oxygen atoms in total. The Morgan fingerprint density at radius 1 is 1.42 bits per heavy atom. The van der Waals surface area contributed by atoms with Gasteiger partial charge in [-0.1, -0.05) is 44.0 Å². The molecule has 0 saturated carbocycles. The number of rotatable bonds is 7. The lowest BCUT2D eigenvalue weighted by molar-refractivity contribution is -0.228.